The Bertz CT molecular complexity index is 4980. The van der Waals surface area contributed by atoms with Crippen molar-refractivity contribution in [3.8, 4) is 45.5 Å². The Hall–Kier alpha value is -7.25. The van der Waals surface area contributed by atoms with Crippen LogP contribution in [-0.2, 0) is 19.2 Å². The molecule has 2 aromatic carbocycles. The van der Waals surface area contributed by atoms with Gasteiger partial charge in [-0.15, -0.1) is 56.7 Å². The maximum atomic E-state index is 16.0. The molecular formula is C99H125N5O6S6. The Kier molecular flexibility index (Phi) is 30.7. The van der Waals surface area contributed by atoms with E-state index in [1.165, 1.54) is 97.4 Å². The molecule has 4 amide bonds. The number of benzene rings is 2. The molecule has 0 fully saturated rings. The summed E-state index contributed by atoms with van der Waals surface area (Å²) in [6, 6.07) is 39.8. The van der Waals surface area contributed by atoms with Crippen molar-refractivity contribution >= 4 is 143 Å². The summed E-state index contributed by atoms with van der Waals surface area (Å²) in [7, 11) is 1.71. The zero-order valence-corrected chi connectivity index (χ0v) is 75.9. The summed E-state index contributed by atoms with van der Waals surface area (Å²) in [6.45, 7) is 24.7. The molecule has 4 unspecified atom stereocenters. The number of hydrogen-bond donors (Lipinski definition) is 0. The summed E-state index contributed by atoms with van der Waals surface area (Å²) < 4.78 is 8.40. The highest BCUT2D eigenvalue weighted by Crippen LogP contribution is 2.55. The molecule has 116 heavy (non-hydrogen) atoms. The zero-order chi connectivity index (χ0) is 81.5. The second-order valence-electron chi connectivity index (χ2n) is 33.1. The highest BCUT2D eigenvalue weighted by Gasteiger charge is 2.52. The third-order valence-corrected chi connectivity index (χ3v) is 32.1. The van der Waals surface area contributed by atoms with Crippen molar-refractivity contribution in [1.29, 1.82) is 0 Å². The number of hydrogen-bond acceptors (Lipinski definition) is 12. The van der Waals surface area contributed by atoms with Crippen molar-refractivity contribution < 1.29 is 28.7 Å². The zero-order valence-electron chi connectivity index (χ0n) is 71.0. The van der Waals surface area contributed by atoms with Crippen LogP contribution in [0.25, 0.3) is 85.0 Å². The van der Waals surface area contributed by atoms with Gasteiger partial charge in [0, 0.05) is 72.3 Å². The van der Waals surface area contributed by atoms with Gasteiger partial charge in [-0.25, -0.2) is 0 Å². The van der Waals surface area contributed by atoms with Gasteiger partial charge >= 0.3 is 0 Å². The molecule has 13 rings (SSSR count). The fourth-order valence-electron chi connectivity index (χ4n) is 18.2. The number of aldehydes is 1. The molecule has 0 saturated carbocycles. The minimum atomic E-state index is -0.0849. The topological polar surface area (TPSA) is 112 Å². The first-order chi connectivity index (χ1) is 56.7. The second-order valence-corrected chi connectivity index (χ2v) is 39.6. The van der Waals surface area contributed by atoms with E-state index in [1.807, 2.05) is 37.8 Å². The van der Waals surface area contributed by atoms with E-state index in [0.29, 0.717) is 53.3 Å². The number of methoxy groups -OCH3 is 1. The number of carbonyl (C=O) groups is 5. The van der Waals surface area contributed by atoms with E-state index in [1.54, 1.807) is 63.8 Å². The summed E-state index contributed by atoms with van der Waals surface area (Å²) in [5.74, 6) is 0.770. The van der Waals surface area contributed by atoms with Crippen molar-refractivity contribution in [2.45, 2.75) is 268 Å². The fraction of sp³-hybridized carbons (Fsp3) is 0.505. The van der Waals surface area contributed by atoms with Crippen LogP contribution in [0.1, 0.15) is 297 Å². The first-order valence-corrected chi connectivity index (χ1v) is 49.5. The van der Waals surface area contributed by atoms with Crippen LogP contribution in [0.15, 0.2) is 131 Å². The Balaban J connectivity index is 0.946. The number of nitrogens with zero attached hydrogens (tertiary/aromatic N) is 5. The minimum absolute atomic E-state index is 0.0629. The van der Waals surface area contributed by atoms with Crippen LogP contribution in [0.5, 0.6) is 5.06 Å². The SMILES string of the molecule is CCCCCCCCC(CCCCCCCC)n1c2cc(-c3ccc(C4=C5C(=O)N(CC(CC)CCCC)C(c6ccc(-c7ccc(C=O)s7)s6)=C5C(=O)N4CC(CC)CCCC)s3)ccc2c2ccc(-c3ccc(C4=C5C(=O)N(CC(CC)CCCC)C(c6ccc(-c7ccc(OC)s7)s6)=C5C(=O)N4CC(CC)CCCC)s3)cc21. The van der Waals surface area contributed by atoms with Gasteiger partial charge in [-0.05, 0) is 158 Å². The predicted molar refractivity (Wildman–Crippen MR) is 496 cm³/mol. The van der Waals surface area contributed by atoms with E-state index in [9.17, 15) is 4.79 Å². The first-order valence-electron chi connectivity index (χ1n) is 44.6. The molecular weight excluding hydrogens is 1550 g/mol. The van der Waals surface area contributed by atoms with Crippen LogP contribution in [0.4, 0.5) is 0 Å². The number of aromatic nitrogens is 1. The normalized spacial score (nSPS) is 15.7. The van der Waals surface area contributed by atoms with Crippen molar-refractivity contribution in [1.82, 2.24) is 24.2 Å². The molecule has 0 N–H and O–H groups in total. The second kappa shape index (κ2) is 41.1. The standard InChI is InChI=1S/C99H125N5O6S6/c1-12-22-28-30-32-34-40-71(41-35-33-31-29-23-13-2)104-75-58-69(77-48-52-83(112-77)92-88-90(98(108)100(92)60-65(18-7)36-24-14-3)94(102(96(88)106)62-67(20-9)38-26-16-5)85-54-50-80(114-85)79-47-44-72(64-105)111-79)42-45-73(75)74-46-43-70(59-76(74)104)78-49-53-84(113-78)93-89-91(99(109)101(93)61-66(19-8)37-25-15-4)95(103(97(89)107)63-68(21-10)39-27-17-6)86-55-51-81(115-86)82-56-57-87(110-11)116-82/h42-59,64-68,71H,12-41,60-63H2,1-11H3. The lowest BCUT2D eigenvalue weighted by molar-refractivity contribution is -0.124. The Labute approximate surface area is 716 Å². The number of amides is 4. The van der Waals surface area contributed by atoms with Crippen LogP contribution in [0.2, 0.25) is 0 Å². The Morgan fingerprint density at radius 2 is 0.621 bits per heavy atom. The number of rotatable bonds is 49. The van der Waals surface area contributed by atoms with E-state index >= 15 is 19.2 Å². The molecule has 0 spiro atoms. The highest BCUT2D eigenvalue weighted by atomic mass is 32.1. The number of carbonyl (C=O) groups excluding carboxylic acids is 5. The lowest BCUT2D eigenvalue weighted by Gasteiger charge is -2.29. The first kappa shape index (κ1) is 86.6. The van der Waals surface area contributed by atoms with Gasteiger partial charge in [0.1, 0.15) is 0 Å². The van der Waals surface area contributed by atoms with Gasteiger partial charge in [0.2, 0.25) is 0 Å². The van der Waals surface area contributed by atoms with Crippen LogP contribution in [0, 0.1) is 23.7 Å². The van der Waals surface area contributed by atoms with Crippen molar-refractivity contribution in [2.75, 3.05) is 33.3 Å². The average molecular weight is 1670 g/mol. The summed E-state index contributed by atoms with van der Waals surface area (Å²) in [4.78, 5) is 94.7. The number of thiophene rings is 6. The van der Waals surface area contributed by atoms with Gasteiger partial charge in [-0.2, -0.15) is 0 Å². The van der Waals surface area contributed by atoms with Crippen molar-refractivity contribution in [3.63, 3.8) is 0 Å². The largest absolute Gasteiger partial charge is 0.487 e. The van der Waals surface area contributed by atoms with E-state index in [-0.39, 0.29) is 53.3 Å². The van der Waals surface area contributed by atoms with Gasteiger partial charge in [0.05, 0.1) is 87.6 Å². The minimum Gasteiger partial charge on any atom is -0.487 e. The van der Waals surface area contributed by atoms with Crippen molar-refractivity contribution in [2.24, 2.45) is 23.7 Å². The van der Waals surface area contributed by atoms with Gasteiger partial charge in [0.25, 0.3) is 23.6 Å². The molecule has 11 heterocycles. The maximum Gasteiger partial charge on any atom is 0.261 e. The van der Waals surface area contributed by atoms with Crippen LogP contribution in [0.3, 0.4) is 0 Å². The molecule has 11 nitrogen and oxygen atoms in total. The number of fused-ring (bicyclic) bond motifs is 5. The predicted octanol–water partition coefficient (Wildman–Crippen LogP) is 29.2. The summed E-state index contributed by atoms with van der Waals surface area (Å²) in [6.07, 6.45) is 34.2. The summed E-state index contributed by atoms with van der Waals surface area (Å²) in [5, 5.41) is 3.29. The highest BCUT2D eigenvalue weighted by molar-refractivity contribution is 7.24. The molecule has 0 aliphatic carbocycles. The maximum absolute atomic E-state index is 16.0. The molecule has 0 saturated heterocycles. The van der Waals surface area contributed by atoms with E-state index in [2.05, 4.69) is 165 Å². The van der Waals surface area contributed by atoms with E-state index < -0.39 is 0 Å². The molecule has 0 radical (unpaired) electrons. The summed E-state index contributed by atoms with van der Waals surface area (Å²) >= 11 is 9.75. The van der Waals surface area contributed by atoms with Gasteiger partial charge in [-0.3, -0.25) is 24.0 Å². The molecule has 4 atom stereocenters. The molecule has 17 heteroatoms. The lowest BCUT2D eigenvalue weighted by Crippen LogP contribution is -2.34. The van der Waals surface area contributed by atoms with Gasteiger partial charge in [0.15, 0.2) is 11.3 Å². The lowest BCUT2D eigenvalue weighted by atomic mass is 9.98. The molecule has 0 bridgehead atoms. The fourth-order valence-corrected chi connectivity index (χ4v) is 24.3. The quantitative estimate of drug-likeness (QED) is 0.0277. The third-order valence-electron chi connectivity index (χ3n) is 25.2. The molecule has 4 aliphatic heterocycles. The monoisotopic (exact) mass is 1670 g/mol. The molecule has 9 aromatic rings. The Morgan fingerprint density at radius 3 is 0.948 bits per heavy atom. The molecule has 7 aromatic heterocycles. The third kappa shape index (κ3) is 18.7. The van der Waals surface area contributed by atoms with Gasteiger partial charge in [-0.1, -0.05) is 259 Å². The van der Waals surface area contributed by atoms with E-state index in [4.69, 9.17) is 4.74 Å². The van der Waals surface area contributed by atoms with Crippen LogP contribution >= 0.6 is 68.0 Å². The molecule has 618 valence electrons. The molecule has 4 aliphatic rings. The average Bonchev–Trinajstić information content (AvgIpc) is 1.56. The summed E-state index contributed by atoms with van der Waals surface area (Å²) in [5.41, 5.74) is 9.85. The van der Waals surface area contributed by atoms with Crippen LogP contribution < -0.4 is 4.74 Å². The smallest absolute Gasteiger partial charge is 0.261 e. The van der Waals surface area contributed by atoms with Gasteiger partial charge < -0.3 is 28.9 Å². The Morgan fingerprint density at radius 1 is 0.319 bits per heavy atom. The van der Waals surface area contributed by atoms with Crippen molar-refractivity contribution in [3.05, 3.63) is 156 Å². The number of ether oxygens (including phenoxy) is 1. The van der Waals surface area contributed by atoms with E-state index in [0.717, 1.165) is 222 Å². The van der Waals surface area contributed by atoms with Crippen LogP contribution in [-0.4, -0.2) is 87.4 Å². The number of unbranched alkanes of at least 4 members (excludes halogenated alkanes) is 14.